The third-order valence-electron chi connectivity index (χ3n) is 4.38. The molecule has 0 bridgehead atoms. The number of pyridine rings is 1. The number of aromatic nitrogens is 3. The average molecular weight is 320 g/mol. The molecule has 1 aromatic carbocycles. The fraction of sp³-hybridized carbons (Fsp3) is 0.278. The molecule has 0 atom stereocenters. The molecule has 0 aliphatic carbocycles. The third-order valence-corrected chi connectivity index (χ3v) is 4.38. The molecule has 6 nitrogen and oxygen atoms in total. The molecule has 1 fully saturated rings. The Kier molecular flexibility index (Phi) is 3.74. The van der Waals surface area contributed by atoms with Crippen LogP contribution in [0.3, 0.4) is 0 Å². The van der Waals surface area contributed by atoms with E-state index in [-0.39, 0.29) is 5.91 Å². The van der Waals surface area contributed by atoms with Crippen molar-refractivity contribution in [1.29, 1.82) is 0 Å². The van der Waals surface area contributed by atoms with Crippen molar-refractivity contribution in [3.05, 3.63) is 48.2 Å². The largest absolute Gasteiger partial charge is 0.336 e. The topological polar surface area (TPSA) is 65.1 Å². The van der Waals surface area contributed by atoms with Gasteiger partial charge in [-0.25, -0.2) is 9.97 Å². The maximum absolute atomic E-state index is 12.6. The van der Waals surface area contributed by atoms with Gasteiger partial charge < -0.3 is 14.8 Å². The first kappa shape index (κ1) is 14.8. The van der Waals surface area contributed by atoms with E-state index in [4.69, 9.17) is 0 Å². The highest BCUT2D eigenvalue weighted by molar-refractivity contribution is 5.94. The fourth-order valence-corrected chi connectivity index (χ4v) is 2.89. The van der Waals surface area contributed by atoms with Crippen LogP contribution in [-0.4, -0.2) is 63.9 Å². The molecule has 1 radical (unpaired) electrons. The van der Waals surface area contributed by atoms with Gasteiger partial charge in [0.05, 0.1) is 0 Å². The lowest BCUT2D eigenvalue weighted by molar-refractivity contribution is 0.0664. The molecule has 2 aromatic heterocycles. The van der Waals surface area contributed by atoms with Gasteiger partial charge in [0.15, 0.2) is 5.65 Å². The van der Waals surface area contributed by atoms with Crippen LogP contribution in [0, 0.1) is 6.07 Å². The third kappa shape index (κ3) is 2.76. The second kappa shape index (κ2) is 6.05. The molecular formula is C18H18N5O. The molecule has 1 aliphatic rings. The molecule has 1 N–H and O–H groups in total. The van der Waals surface area contributed by atoms with Gasteiger partial charge in [0, 0.05) is 49.6 Å². The van der Waals surface area contributed by atoms with Crippen LogP contribution in [0.15, 0.2) is 36.5 Å². The van der Waals surface area contributed by atoms with E-state index in [0.29, 0.717) is 16.7 Å². The summed E-state index contributed by atoms with van der Waals surface area (Å²) < 4.78 is 0. The van der Waals surface area contributed by atoms with Gasteiger partial charge in [-0.2, -0.15) is 0 Å². The Hall–Kier alpha value is -2.73. The Balaban J connectivity index is 1.55. The van der Waals surface area contributed by atoms with Crippen molar-refractivity contribution in [2.75, 3.05) is 33.2 Å². The molecule has 1 saturated heterocycles. The summed E-state index contributed by atoms with van der Waals surface area (Å²) in [5.74, 6) is 0.827. The normalized spacial score (nSPS) is 15.8. The van der Waals surface area contributed by atoms with Crippen LogP contribution in [0.1, 0.15) is 10.4 Å². The maximum atomic E-state index is 12.6. The van der Waals surface area contributed by atoms with E-state index >= 15 is 0 Å². The standard InChI is InChI=1S/C18H18N5O/c1-22-9-11-23(12-10-22)18(24)14-6-4-13(5-7-14)16-20-15-3-2-8-19-17(15)21-16/h2,4-8H,9-12H2,1H3,(H,19,20,21). The van der Waals surface area contributed by atoms with E-state index in [0.717, 1.165) is 37.6 Å². The first-order chi connectivity index (χ1) is 11.7. The summed E-state index contributed by atoms with van der Waals surface area (Å²) >= 11 is 0. The zero-order chi connectivity index (χ0) is 16.5. The van der Waals surface area contributed by atoms with E-state index in [2.05, 4.69) is 33.0 Å². The summed E-state index contributed by atoms with van der Waals surface area (Å²) in [4.78, 5) is 28.6. The highest BCUT2D eigenvalue weighted by Crippen LogP contribution is 2.20. The molecule has 1 amide bonds. The van der Waals surface area contributed by atoms with Crippen molar-refractivity contribution >= 4 is 17.1 Å². The average Bonchev–Trinajstić information content (AvgIpc) is 3.06. The summed E-state index contributed by atoms with van der Waals surface area (Å²) in [6, 6.07) is 12.3. The number of nitrogens with one attached hydrogen (secondary N) is 1. The minimum atomic E-state index is 0.0919. The number of imidazole rings is 1. The first-order valence-corrected chi connectivity index (χ1v) is 8.01. The Morgan fingerprint density at radius 3 is 2.62 bits per heavy atom. The van der Waals surface area contributed by atoms with Gasteiger partial charge in [0.25, 0.3) is 5.91 Å². The molecule has 24 heavy (non-hydrogen) atoms. The van der Waals surface area contributed by atoms with Crippen molar-refractivity contribution in [3.63, 3.8) is 0 Å². The monoisotopic (exact) mass is 320 g/mol. The number of hydrogen-bond acceptors (Lipinski definition) is 4. The van der Waals surface area contributed by atoms with E-state index in [9.17, 15) is 4.79 Å². The van der Waals surface area contributed by atoms with Crippen LogP contribution < -0.4 is 0 Å². The molecule has 0 spiro atoms. The minimum absolute atomic E-state index is 0.0919. The predicted octanol–water partition coefficient (Wildman–Crippen LogP) is 1.81. The van der Waals surface area contributed by atoms with Crippen molar-refractivity contribution < 1.29 is 4.79 Å². The number of H-pyrrole nitrogens is 1. The van der Waals surface area contributed by atoms with Gasteiger partial charge in [-0.05, 0) is 25.2 Å². The molecule has 1 aliphatic heterocycles. The van der Waals surface area contributed by atoms with Gasteiger partial charge in [0.2, 0.25) is 0 Å². The van der Waals surface area contributed by atoms with Crippen LogP contribution in [0.5, 0.6) is 0 Å². The molecular weight excluding hydrogens is 302 g/mol. The lowest BCUT2D eigenvalue weighted by Crippen LogP contribution is -2.47. The van der Waals surface area contributed by atoms with Crippen LogP contribution in [0.25, 0.3) is 22.6 Å². The van der Waals surface area contributed by atoms with Gasteiger partial charge in [0.1, 0.15) is 11.3 Å². The summed E-state index contributed by atoms with van der Waals surface area (Å²) in [6.45, 7) is 3.41. The lowest BCUT2D eigenvalue weighted by atomic mass is 10.1. The highest BCUT2D eigenvalue weighted by atomic mass is 16.2. The zero-order valence-corrected chi connectivity index (χ0v) is 13.5. The van der Waals surface area contributed by atoms with Gasteiger partial charge in [-0.1, -0.05) is 12.1 Å². The highest BCUT2D eigenvalue weighted by Gasteiger charge is 2.20. The van der Waals surface area contributed by atoms with Crippen molar-refractivity contribution in [3.8, 4) is 11.4 Å². The summed E-state index contributed by atoms with van der Waals surface area (Å²) in [7, 11) is 2.08. The van der Waals surface area contributed by atoms with Gasteiger partial charge in [-0.3, -0.25) is 4.79 Å². The Morgan fingerprint density at radius 1 is 1.17 bits per heavy atom. The van der Waals surface area contributed by atoms with E-state index in [1.165, 1.54) is 0 Å². The summed E-state index contributed by atoms with van der Waals surface area (Å²) in [5, 5.41) is 0. The number of amides is 1. The predicted molar refractivity (Wildman–Crippen MR) is 91.6 cm³/mol. The number of fused-ring (bicyclic) bond motifs is 1. The quantitative estimate of drug-likeness (QED) is 0.782. The van der Waals surface area contributed by atoms with Gasteiger partial charge >= 0.3 is 0 Å². The Labute approximate surface area is 140 Å². The number of carbonyl (C=O) groups excluding carboxylic acids is 1. The number of nitrogens with zero attached hydrogens (tertiary/aromatic N) is 4. The first-order valence-electron chi connectivity index (χ1n) is 8.01. The second-order valence-electron chi connectivity index (χ2n) is 6.04. The zero-order valence-electron chi connectivity index (χ0n) is 13.5. The number of rotatable bonds is 2. The smallest absolute Gasteiger partial charge is 0.253 e. The summed E-state index contributed by atoms with van der Waals surface area (Å²) in [6.07, 6.45) is 1.68. The summed E-state index contributed by atoms with van der Waals surface area (Å²) in [5.41, 5.74) is 3.07. The van der Waals surface area contributed by atoms with Crippen molar-refractivity contribution in [2.45, 2.75) is 0 Å². The molecule has 0 unspecified atom stereocenters. The van der Waals surface area contributed by atoms with Crippen molar-refractivity contribution in [2.24, 2.45) is 0 Å². The molecule has 0 saturated carbocycles. The van der Waals surface area contributed by atoms with Crippen LogP contribution in [-0.2, 0) is 0 Å². The van der Waals surface area contributed by atoms with Crippen LogP contribution in [0.2, 0.25) is 0 Å². The number of piperazine rings is 1. The van der Waals surface area contributed by atoms with Gasteiger partial charge in [-0.15, -0.1) is 0 Å². The molecule has 3 heterocycles. The number of carbonyl (C=O) groups is 1. The van der Waals surface area contributed by atoms with Crippen molar-refractivity contribution in [1.82, 2.24) is 24.8 Å². The lowest BCUT2D eigenvalue weighted by Gasteiger charge is -2.32. The SMILES string of the molecule is CN1CCN(C(=O)c2ccc(-c3nc4[c]ccnc4[nH]3)cc2)CC1. The minimum Gasteiger partial charge on any atom is -0.336 e. The Bertz CT molecular complexity index is 830. The molecule has 3 aromatic rings. The van der Waals surface area contributed by atoms with E-state index in [1.54, 1.807) is 12.3 Å². The number of aromatic amines is 1. The Morgan fingerprint density at radius 2 is 1.92 bits per heavy atom. The second-order valence-corrected chi connectivity index (χ2v) is 6.04. The van der Waals surface area contributed by atoms with Crippen LogP contribution in [0.4, 0.5) is 0 Å². The fourth-order valence-electron chi connectivity index (χ4n) is 2.89. The number of benzene rings is 1. The van der Waals surface area contributed by atoms with E-state index < -0.39 is 0 Å². The molecule has 121 valence electrons. The molecule has 4 rings (SSSR count). The van der Waals surface area contributed by atoms with E-state index in [1.807, 2.05) is 29.2 Å². The number of likely N-dealkylation sites (N-methyl/N-ethyl adjacent to an activating group) is 1. The number of hydrogen-bond donors (Lipinski definition) is 1. The maximum Gasteiger partial charge on any atom is 0.253 e. The van der Waals surface area contributed by atoms with Crippen LogP contribution >= 0.6 is 0 Å². The molecule has 6 heteroatoms.